The van der Waals surface area contributed by atoms with Gasteiger partial charge in [-0.15, -0.1) is 0 Å². The van der Waals surface area contributed by atoms with Crippen molar-refractivity contribution in [3.8, 4) is 0 Å². The van der Waals surface area contributed by atoms with Gasteiger partial charge in [0.15, 0.2) is 11.6 Å². The van der Waals surface area contributed by atoms with E-state index in [-0.39, 0.29) is 22.8 Å². The predicted molar refractivity (Wildman–Crippen MR) is 99.9 cm³/mol. The van der Waals surface area contributed by atoms with Gasteiger partial charge in [0.2, 0.25) is 16.0 Å². The second-order valence-electron chi connectivity index (χ2n) is 7.13. The fraction of sp³-hybridized carbons (Fsp3) is 0.412. The summed E-state index contributed by atoms with van der Waals surface area (Å²) in [5.41, 5.74) is 0.127. The molecule has 2 heterocycles. The van der Waals surface area contributed by atoms with Gasteiger partial charge in [-0.3, -0.25) is 0 Å². The van der Waals surface area contributed by atoms with Gasteiger partial charge in [-0.2, -0.15) is 4.98 Å². The smallest absolute Gasteiger partial charge is 0.238 e. The summed E-state index contributed by atoms with van der Waals surface area (Å²) in [5, 5.41) is 8.02. The SMILES string of the molecule is C[C@@H]1CN(c2nc(Nc3ccc(S(N)(=O)=O)cc3)ncc2F)CC(C)(C)O1. The Balaban J connectivity index is 1.83. The molecule has 1 aromatic heterocycles. The van der Waals surface area contributed by atoms with E-state index < -0.39 is 21.4 Å². The molecular weight excluding hydrogens is 373 g/mol. The Kier molecular flexibility index (Phi) is 5.06. The first-order chi connectivity index (χ1) is 12.5. The Labute approximate surface area is 157 Å². The zero-order valence-corrected chi connectivity index (χ0v) is 16.1. The number of nitrogens with one attached hydrogen (secondary N) is 1. The number of benzene rings is 1. The molecule has 1 aliphatic heterocycles. The highest BCUT2D eigenvalue weighted by atomic mass is 32.2. The molecular formula is C17H22FN5O3S. The third-order valence-electron chi connectivity index (χ3n) is 4.03. The van der Waals surface area contributed by atoms with Crippen LogP contribution in [0.4, 0.5) is 21.8 Å². The van der Waals surface area contributed by atoms with Gasteiger partial charge in [0.05, 0.1) is 22.8 Å². The van der Waals surface area contributed by atoms with Crippen LogP contribution < -0.4 is 15.4 Å². The molecule has 2 aromatic rings. The molecule has 3 rings (SSSR count). The maximum Gasteiger partial charge on any atom is 0.238 e. The molecule has 27 heavy (non-hydrogen) atoms. The van der Waals surface area contributed by atoms with E-state index in [9.17, 15) is 12.8 Å². The molecule has 1 aliphatic rings. The summed E-state index contributed by atoms with van der Waals surface area (Å²) in [4.78, 5) is 10.1. The molecule has 1 aromatic carbocycles. The molecule has 8 nitrogen and oxygen atoms in total. The number of primary sulfonamides is 1. The van der Waals surface area contributed by atoms with Crippen LogP contribution in [0, 0.1) is 5.82 Å². The summed E-state index contributed by atoms with van der Waals surface area (Å²) >= 11 is 0. The van der Waals surface area contributed by atoms with Crippen LogP contribution in [0.15, 0.2) is 35.4 Å². The highest BCUT2D eigenvalue weighted by molar-refractivity contribution is 7.89. The second kappa shape index (κ2) is 7.02. The summed E-state index contributed by atoms with van der Waals surface area (Å²) in [6, 6.07) is 5.81. The molecule has 0 bridgehead atoms. The summed E-state index contributed by atoms with van der Waals surface area (Å²) in [5.74, 6) is -0.126. The number of nitrogens with zero attached hydrogens (tertiary/aromatic N) is 3. The van der Waals surface area contributed by atoms with Crippen molar-refractivity contribution in [2.45, 2.75) is 37.4 Å². The van der Waals surface area contributed by atoms with Crippen LogP contribution in [0.2, 0.25) is 0 Å². The minimum Gasteiger partial charge on any atom is -0.369 e. The first-order valence-corrected chi connectivity index (χ1v) is 9.93. The fourth-order valence-electron chi connectivity index (χ4n) is 3.11. The largest absolute Gasteiger partial charge is 0.369 e. The summed E-state index contributed by atoms with van der Waals surface area (Å²) in [6.07, 6.45) is 1.04. The predicted octanol–water partition coefficient (Wildman–Crippen LogP) is 2.01. The van der Waals surface area contributed by atoms with E-state index in [2.05, 4.69) is 15.3 Å². The summed E-state index contributed by atoms with van der Waals surface area (Å²) in [7, 11) is -3.76. The van der Waals surface area contributed by atoms with Crippen LogP contribution >= 0.6 is 0 Å². The third kappa shape index (κ3) is 4.71. The average molecular weight is 395 g/mol. The minimum atomic E-state index is -3.76. The van der Waals surface area contributed by atoms with Crippen LogP contribution in [0.3, 0.4) is 0 Å². The molecule has 0 unspecified atom stereocenters. The molecule has 1 atom stereocenters. The van der Waals surface area contributed by atoms with Crippen molar-refractivity contribution < 1.29 is 17.5 Å². The Hall–Kier alpha value is -2.30. The minimum absolute atomic E-state index is 0.00157. The number of halogens is 1. The highest BCUT2D eigenvalue weighted by Crippen LogP contribution is 2.27. The lowest BCUT2D eigenvalue weighted by molar-refractivity contribution is -0.0753. The molecule has 3 N–H and O–H groups in total. The molecule has 1 saturated heterocycles. The number of hydrogen-bond acceptors (Lipinski definition) is 7. The number of morpholine rings is 1. The molecule has 0 spiro atoms. The lowest BCUT2D eigenvalue weighted by Crippen LogP contribution is -2.52. The van der Waals surface area contributed by atoms with Crippen LogP contribution in [0.5, 0.6) is 0 Å². The van der Waals surface area contributed by atoms with Crippen molar-refractivity contribution in [2.24, 2.45) is 5.14 Å². The maximum atomic E-state index is 14.3. The van der Waals surface area contributed by atoms with Crippen LogP contribution in [0.25, 0.3) is 0 Å². The average Bonchev–Trinajstić information content (AvgIpc) is 2.54. The molecule has 146 valence electrons. The standard InChI is InChI=1S/C17H22FN5O3S/c1-11-9-23(10-17(2,3)26-11)15-14(18)8-20-16(22-15)21-12-4-6-13(7-5-12)27(19,24)25/h4-8,11H,9-10H2,1-3H3,(H2,19,24,25)(H,20,21,22)/t11-/m1/s1. The van der Waals surface area contributed by atoms with E-state index in [1.807, 2.05) is 25.7 Å². The molecule has 0 aliphatic carbocycles. The van der Waals surface area contributed by atoms with Crippen molar-refractivity contribution in [2.75, 3.05) is 23.3 Å². The topological polar surface area (TPSA) is 110 Å². The Morgan fingerprint density at radius 2 is 2.00 bits per heavy atom. The van der Waals surface area contributed by atoms with Crippen LogP contribution in [-0.2, 0) is 14.8 Å². The molecule has 0 saturated carbocycles. The van der Waals surface area contributed by atoms with Gasteiger partial charge in [-0.1, -0.05) is 0 Å². The van der Waals surface area contributed by atoms with E-state index in [1.54, 1.807) is 0 Å². The Morgan fingerprint density at radius 3 is 2.59 bits per heavy atom. The van der Waals surface area contributed by atoms with E-state index in [0.717, 1.165) is 6.20 Å². The number of anilines is 3. The highest BCUT2D eigenvalue weighted by Gasteiger charge is 2.33. The van der Waals surface area contributed by atoms with Gasteiger partial charge in [0.1, 0.15) is 0 Å². The fourth-order valence-corrected chi connectivity index (χ4v) is 3.63. The first-order valence-electron chi connectivity index (χ1n) is 8.39. The molecule has 10 heteroatoms. The van der Waals surface area contributed by atoms with E-state index in [1.165, 1.54) is 24.3 Å². The van der Waals surface area contributed by atoms with Crippen molar-refractivity contribution in [1.29, 1.82) is 0 Å². The van der Waals surface area contributed by atoms with E-state index in [4.69, 9.17) is 9.88 Å². The molecule has 1 fully saturated rings. The van der Waals surface area contributed by atoms with Crippen molar-refractivity contribution in [3.63, 3.8) is 0 Å². The zero-order valence-electron chi connectivity index (χ0n) is 15.3. The second-order valence-corrected chi connectivity index (χ2v) is 8.69. The Morgan fingerprint density at radius 1 is 1.33 bits per heavy atom. The number of sulfonamides is 1. The summed E-state index contributed by atoms with van der Waals surface area (Å²) in [6.45, 7) is 6.83. The lowest BCUT2D eigenvalue weighted by atomic mass is 10.1. The monoisotopic (exact) mass is 395 g/mol. The van der Waals surface area contributed by atoms with Gasteiger partial charge < -0.3 is 15.0 Å². The third-order valence-corrected chi connectivity index (χ3v) is 4.96. The molecule has 0 radical (unpaired) electrons. The summed E-state index contributed by atoms with van der Waals surface area (Å²) < 4.78 is 42.8. The number of nitrogens with two attached hydrogens (primary N) is 1. The van der Waals surface area contributed by atoms with Crippen molar-refractivity contribution in [1.82, 2.24) is 9.97 Å². The lowest BCUT2D eigenvalue weighted by Gasteiger charge is -2.42. The zero-order chi connectivity index (χ0) is 19.8. The van der Waals surface area contributed by atoms with Gasteiger partial charge in [-0.25, -0.2) is 22.9 Å². The number of aromatic nitrogens is 2. The molecule has 0 amide bonds. The van der Waals surface area contributed by atoms with Crippen LogP contribution in [0.1, 0.15) is 20.8 Å². The van der Waals surface area contributed by atoms with E-state index in [0.29, 0.717) is 18.8 Å². The number of rotatable bonds is 4. The quantitative estimate of drug-likeness (QED) is 0.815. The van der Waals surface area contributed by atoms with Gasteiger partial charge >= 0.3 is 0 Å². The van der Waals surface area contributed by atoms with Crippen molar-refractivity contribution >= 4 is 27.5 Å². The van der Waals surface area contributed by atoms with Crippen molar-refractivity contribution in [3.05, 3.63) is 36.3 Å². The number of ether oxygens (including phenoxy) is 1. The van der Waals surface area contributed by atoms with Gasteiger partial charge in [0.25, 0.3) is 0 Å². The van der Waals surface area contributed by atoms with Crippen LogP contribution in [-0.4, -0.2) is 43.2 Å². The Bertz CT molecular complexity index is 934. The van der Waals surface area contributed by atoms with E-state index >= 15 is 0 Å². The van der Waals surface area contributed by atoms with Gasteiger partial charge in [0, 0.05) is 18.8 Å². The normalized spacial score (nSPS) is 19.7. The maximum absolute atomic E-state index is 14.3. The van der Waals surface area contributed by atoms with Gasteiger partial charge in [-0.05, 0) is 45.0 Å². The first kappa shape index (κ1) is 19.5. The number of hydrogen-bond donors (Lipinski definition) is 2.